The van der Waals surface area contributed by atoms with Crippen LogP contribution in [0.15, 0.2) is 42.5 Å². The zero-order chi connectivity index (χ0) is 23.6. The van der Waals surface area contributed by atoms with Crippen LogP contribution in [0.1, 0.15) is 43.6 Å². The summed E-state index contributed by atoms with van der Waals surface area (Å²) in [5.41, 5.74) is 5.02. The third-order valence-corrected chi connectivity index (χ3v) is 7.74. The van der Waals surface area contributed by atoms with Gasteiger partial charge in [-0.15, -0.1) is 0 Å². The van der Waals surface area contributed by atoms with Gasteiger partial charge in [0, 0.05) is 44.6 Å². The predicted octanol–water partition coefficient (Wildman–Crippen LogP) is 3.80. The van der Waals surface area contributed by atoms with Crippen molar-refractivity contribution in [3.8, 4) is 0 Å². The lowest BCUT2D eigenvalue weighted by molar-refractivity contribution is 0.357. The number of fused-ring (bicyclic) bond motifs is 1. The lowest BCUT2D eigenvalue weighted by atomic mass is 10.0. The summed E-state index contributed by atoms with van der Waals surface area (Å²) in [5.74, 6) is 1.01. The molecule has 178 valence electrons. The van der Waals surface area contributed by atoms with E-state index < -0.39 is 10.2 Å². The highest BCUT2D eigenvalue weighted by molar-refractivity contribution is 7.90. The van der Waals surface area contributed by atoms with Crippen molar-refractivity contribution in [3.05, 3.63) is 53.9 Å². The summed E-state index contributed by atoms with van der Waals surface area (Å²) in [4.78, 5) is 10.7. The first-order chi connectivity index (χ1) is 15.7. The lowest BCUT2D eigenvalue weighted by Gasteiger charge is -2.35. The number of hydrogen-bond acceptors (Lipinski definition) is 5. The molecule has 0 amide bonds. The molecule has 0 bridgehead atoms. The third kappa shape index (κ3) is 5.48. The third-order valence-electron chi connectivity index (χ3n) is 6.29. The van der Waals surface area contributed by atoms with E-state index >= 15 is 0 Å². The van der Waals surface area contributed by atoms with Crippen LogP contribution in [-0.2, 0) is 10.2 Å². The molecule has 2 heterocycles. The van der Waals surface area contributed by atoms with Gasteiger partial charge in [-0.3, -0.25) is 4.72 Å². The maximum Gasteiger partial charge on any atom is 0.301 e. The average molecular weight is 471 g/mol. The molecule has 0 aliphatic carbocycles. The second-order valence-electron chi connectivity index (χ2n) is 8.97. The molecule has 0 spiro atoms. The fraction of sp³-hybridized carbons (Fsp3) is 0.458. The molecule has 1 atom stereocenters. The normalized spacial score (nSPS) is 16.5. The molecule has 0 saturated carbocycles. The summed E-state index contributed by atoms with van der Waals surface area (Å²) in [6, 6.07) is 14.6. The van der Waals surface area contributed by atoms with Crippen molar-refractivity contribution in [2.45, 2.75) is 45.2 Å². The molecule has 0 unspecified atom stereocenters. The maximum absolute atomic E-state index is 12.0. The van der Waals surface area contributed by atoms with Crippen LogP contribution in [0.2, 0.25) is 0 Å². The Morgan fingerprint density at radius 1 is 1.15 bits per heavy atom. The average Bonchev–Trinajstić information content (AvgIpc) is 3.21. The highest BCUT2D eigenvalue weighted by Gasteiger charge is 2.24. The molecule has 8 nitrogen and oxygen atoms in total. The van der Waals surface area contributed by atoms with Crippen LogP contribution in [0.3, 0.4) is 0 Å². The number of piperidine rings is 1. The van der Waals surface area contributed by atoms with Crippen molar-refractivity contribution in [1.29, 1.82) is 0 Å². The molecule has 1 aliphatic heterocycles. The number of benzene rings is 2. The van der Waals surface area contributed by atoms with Crippen molar-refractivity contribution in [3.63, 3.8) is 0 Å². The SMILES string of the molecule is CC[C@H](NC1CCN(c2ccc(NS(=O)(=O)N(C)C)cc2)CC1)c1nc2ccc(C)cc2[nH]1. The number of aromatic amines is 1. The van der Waals surface area contributed by atoms with Crippen molar-refractivity contribution >= 4 is 32.6 Å². The van der Waals surface area contributed by atoms with E-state index in [1.54, 1.807) is 0 Å². The van der Waals surface area contributed by atoms with Crippen molar-refractivity contribution < 1.29 is 8.42 Å². The standard InChI is InChI=1S/C24H34N6O2S/c1-5-21(24-26-22-11-6-17(2)16-23(22)27-24)25-18-12-14-30(15-13-18)20-9-7-19(8-10-20)28-33(31,32)29(3)4/h6-11,16,18,21,25,28H,5,12-15H2,1-4H3,(H,26,27)/t21-/m0/s1. The summed E-state index contributed by atoms with van der Waals surface area (Å²) in [7, 11) is -0.476. The van der Waals surface area contributed by atoms with Gasteiger partial charge in [0.15, 0.2) is 0 Å². The quantitative estimate of drug-likeness (QED) is 0.466. The van der Waals surface area contributed by atoms with Gasteiger partial charge in [0.1, 0.15) is 5.82 Å². The first-order valence-corrected chi connectivity index (χ1v) is 13.0. The summed E-state index contributed by atoms with van der Waals surface area (Å²) in [6.45, 7) is 6.20. The minimum Gasteiger partial charge on any atom is -0.371 e. The van der Waals surface area contributed by atoms with Gasteiger partial charge in [-0.25, -0.2) is 4.98 Å². The fourth-order valence-corrected chi connectivity index (χ4v) is 4.88. The number of aryl methyl sites for hydroxylation is 1. The Labute approximate surface area is 196 Å². The molecule has 3 N–H and O–H groups in total. The molecular weight excluding hydrogens is 436 g/mol. The van der Waals surface area contributed by atoms with Crippen LogP contribution < -0.4 is 14.9 Å². The summed E-state index contributed by atoms with van der Waals surface area (Å²) in [5, 5.41) is 3.81. The summed E-state index contributed by atoms with van der Waals surface area (Å²) in [6.07, 6.45) is 3.07. The smallest absolute Gasteiger partial charge is 0.301 e. The maximum atomic E-state index is 12.0. The second kappa shape index (κ2) is 9.70. The number of nitrogens with zero attached hydrogens (tertiary/aromatic N) is 3. The molecule has 33 heavy (non-hydrogen) atoms. The van der Waals surface area contributed by atoms with Gasteiger partial charge < -0.3 is 15.2 Å². The molecule has 1 saturated heterocycles. The van der Waals surface area contributed by atoms with Gasteiger partial charge in [-0.05, 0) is 68.1 Å². The zero-order valence-electron chi connectivity index (χ0n) is 19.8. The van der Waals surface area contributed by atoms with Gasteiger partial charge in [-0.1, -0.05) is 13.0 Å². The highest BCUT2D eigenvalue weighted by Crippen LogP contribution is 2.25. The monoisotopic (exact) mass is 470 g/mol. The molecule has 3 aromatic rings. The van der Waals surface area contributed by atoms with E-state index in [2.05, 4.69) is 52.0 Å². The lowest BCUT2D eigenvalue weighted by Crippen LogP contribution is -2.43. The predicted molar refractivity (Wildman–Crippen MR) is 135 cm³/mol. The first kappa shape index (κ1) is 23.5. The Bertz CT molecular complexity index is 1180. The number of anilines is 2. The topological polar surface area (TPSA) is 93.4 Å². The first-order valence-electron chi connectivity index (χ1n) is 11.5. The van der Waals surface area contributed by atoms with Crippen molar-refractivity contribution in [1.82, 2.24) is 19.6 Å². The molecular formula is C24H34N6O2S. The Kier molecular flexibility index (Phi) is 6.92. The molecule has 9 heteroatoms. The Morgan fingerprint density at radius 3 is 2.48 bits per heavy atom. The van der Waals surface area contributed by atoms with Gasteiger partial charge in [0.25, 0.3) is 0 Å². The van der Waals surface area contributed by atoms with Crippen LogP contribution in [0, 0.1) is 6.92 Å². The molecule has 2 aromatic carbocycles. The van der Waals surface area contributed by atoms with E-state index in [4.69, 9.17) is 4.98 Å². The Morgan fingerprint density at radius 2 is 1.85 bits per heavy atom. The number of imidazole rings is 1. The van der Waals surface area contributed by atoms with Crippen molar-refractivity contribution in [2.24, 2.45) is 0 Å². The summed E-state index contributed by atoms with van der Waals surface area (Å²) < 4.78 is 27.7. The van der Waals surface area contributed by atoms with E-state index in [0.29, 0.717) is 11.7 Å². The Balaban J connectivity index is 1.34. The van der Waals surface area contributed by atoms with Crippen LogP contribution in [-0.4, -0.2) is 55.9 Å². The summed E-state index contributed by atoms with van der Waals surface area (Å²) >= 11 is 0. The van der Waals surface area contributed by atoms with Crippen LogP contribution >= 0.6 is 0 Å². The van der Waals surface area contributed by atoms with Crippen LogP contribution in [0.5, 0.6) is 0 Å². The number of rotatable bonds is 8. The molecule has 4 rings (SSSR count). The number of aromatic nitrogens is 2. The van der Waals surface area contributed by atoms with Crippen LogP contribution in [0.4, 0.5) is 11.4 Å². The van der Waals surface area contributed by atoms with E-state index in [1.807, 2.05) is 24.3 Å². The number of hydrogen-bond donors (Lipinski definition) is 3. The minimum absolute atomic E-state index is 0.207. The van der Waals surface area contributed by atoms with Gasteiger partial charge in [0.05, 0.1) is 17.1 Å². The largest absolute Gasteiger partial charge is 0.371 e. The molecule has 0 radical (unpaired) electrons. The van der Waals surface area contributed by atoms with E-state index in [0.717, 1.165) is 59.2 Å². The molecule has 1 fully saturated rings. The zero-order valence-corrected chi connectivity index (χ0v) is 20.6. The fourth-order valence-electron chi connectivity index (χ4n) is 4.27. The van der Waals surface area contributed by atoms with Crippen molar-refractivity contribution in [2.75, 3.05) is 36.8 Å². The van der Waals surface area contributed by atoms with Gasteiger partial charge in [-0.2, -0.15) is 12.7 Å². The number of nitrogens with one attached hydrogen (secondary N) is 3. The van der Waals surface area contributed by atoms with E-state index in [1.165, 1.54) is 19.7 Å². The second-order valence-corrected chi connectivity index (χ2v) is 10.9. The van der Waals surface area contributed by atoms with E-state index in [9.17, 15) is 8.42 Å². The van der Waals surface area contributed by atoms with Gasteiger partial charge in [0.2, 0.25) is 0 Å². The highest BCUT2D eigenvalue weighted by atomic mass is 32.2. The van der Waals surface area contributed by atoms with Crippen LogP contribution in [0.25, 0.3) is 11.0 Å². The van der Waals surface area contributed by atoms with E-state index in [-0.39, 0.29) is 6.04 Å². The Hall–Kier alpha value is -2.62. The molecule has 1 aliphatic rings. The minimum atomic E-state index is -3.49. The number of H-pyrrole nitrogens is 1. The molecule has 1 aromatic heterocycles. The van der Waals surface area contributed by atoms with Gasteiger partial charge >= 0.3 is 10.2 Å².